The maximum Gasteiger partial charge on any atom is 0.338 e. The van der Waals surface area contributed by atoms with Crippen LogP contribution in [0.3, 0.4) is 0 Å². The first kappa shape index (κ1) is 17.3. The van der Waals surface area contributed by atoms with Gasteiger partial charge in [-0.15, -0.1) is 0 Å². The van der Waals surface area contributed by atoms with Crippen molar-refractivity contribution in [1.29, 1.82) is 0 Å². The van der Waals surface area contributed by atoms with Crippen molar-refractivity contribution < 1.29 is 23.8 Å². The van der Waals surface area contributed by atoms with Crippen LogP contribution in [0.4, 0.5) is 0 Å². The molecule has 0 saturated heterocycles. The van der Waals surface area contributed by atoms with Crippen LogP contribution < -0.4 is 4.74 Å². The van der Waals surface area contributed by atoms with Gasteiger partial charge >= 0.3 is 11.9 Å². The van der Waals surface area contributed by atoms with Gasteiger partial charge < -0.3 is 14.2 Å². The highest BCUT2D eigenvalue weighted by atomic mass is 16.5. The summed E-state index contributed by atoms with van der Waals surface area (Å²) in [5, 5.41) is 0. The fraction of sp³-hybridized carbons (Fsp3) is 0.158. The fourth-order valence-electron chi connectivity index (χ4n) is 2.16. The lowest BCUT2D eigenvalue weighted by Crippen LogP contribution is -2.08. The molecule has 0 fully saturated rings. The van der Waals surface area contributed by atoms with Gasteiger partial charge in [0.25, 0.3) is 0 Å². The van der Waals surface area contributed by atoms with Crippen molar-refractivity contribution >= 4 is 24.1 Å². The molecule has 0 aliphatic rings. The number of carbonyl (C=O) groups excluding carboxylic acids is 2. The van der Waals surface area contributed by atoms with Crippen LogP contribution in [0.5, 0.6) is 5.75 Å². The summed E-state index contributed by atoms with van der Waals surface area (Å²) in [4.78, 5) is 23.6. The number of ether oxygens (including phenoxy) is 3. The van der Waals surface area contributed by atoms with Gasteiger partial charge in [0.1, 0.15) is 5.75 Å². The standard InChI is InChI=1S/C19H18O5/c1-22-16-6-4-5-13(11-16)7-8-14-9-10-15(18(20)23-2)12-17(14)19(21)24-3/h4-12H,1-3H3. The molecule has 0 atom stereocenters. The molecule has 5 nitrogen and oxygen atoms in total. The van der Waals surface area contributed by atoms with Gasteiger partial charge in [-0.1, -0.05) is 30.4 Å². The van der Waals surface area contributed by atoms with Crippen LogP contribution in [-0.4, -0.2) is 33.3 Å². The molecule has 0 N–H and O–H groups in total. The first-order valence-corrected chi connectivity index (χ1v) is 7.22. The normalized spacial score (nSPS) is 10.5. The summed E-state index contributed by atoms with van der Waals surface area (Å²) in [7, 11) is 4.18. The molecule has 0 radical (unpaired) electrons. The van der Waals surface area contributed by atoms with E-state index in [4.69, 9.17) is 9.47 Å². The summed E-state index contributed by atoms with van der Waals surface area (Å²) in [6.45, 7) is 0. The van der Waals surface area contributed by atoms with E-state index in [0.29, 0.717) is 11.1 Å². The van der Waals surface area contributed by atoms with E-state index in [0.717, 1.165) is 11.3 Å². The van der Waals surface area contributed by atoms with Gasteiger partial charge in [-0.25, -0.2) is 9.59 Å². The molecular weight excluding hydrogens is 308 g/mol. The lowest BCUT2D eigenvalue weighted by atomic mass is 10.0. The van der Waals surface area contributed by atoms with Crippen molar-refractivity contribution in [2.24, 2.45) is 0 Å². The molecule has 0 spiro atoms. The number of benzene rings is 2. The van der Waals surface area contributed by atoms with Crippen molar-refractivity contribution in [1.82, 2.24) is 0 Å². The molecule has 5 heteroatoms. The van der Waals surface area contributed by atoms with E-state index in [-0.39, 0.29) is 5.56 Å². The molecule has 0 aliphatic carbocycles. The molecule has 0 bridgehead atoms. The van der Waals surface area contributed by atoms with Crippen LogP contribution in [0.25, 0.3) is 12.2 Å². The first-order valence-electron chi connectivity index (χ1n) is 7.22. The quantitative estimate of drug-likeness (QED) is 0.622. The van der Waals surface area contributed by atoms with Gasteiger partial charge in [0, 0.05) is 0 Å². The molecule has 2 rings (SSSR count). The highest BCUT2D eigenvalue weighted by molar-refractivity contribution is 5.98. The van der Waals surface area contributed by atoms with Crippen LogP contribution in [0.2, 0.25) is 0 Å². The smallest absolute Gasteiger partial charge is 0.338 e. The largest absolute Gasteiger partial charge is 0.497 e. The monoisotopic (exact) mass is 326 g/mol. The second-order valence-electron chi connectivity index (χ2n) is 4.90. The molecule has 0 heterocycles. The summed E-state index contributed by atoms with van der Waals surface area (Å²) in [6.07, 6.45) is 3.63. The van der Waals surface area contributed by atoms with Crippen LogP contribution in [0, 0.1) is 0 Å². The van der Waals surface area contributed by atoms with Crippen LogP contribution >= 0.6 is 0 Å². The Bertz CT molecular complexity index is 777. The zero-order valence-corrected chi connectivity index (χ0v) is 13.7. The summed E-state index contributed by atoms with van der Waals surface area (Å²) in [5.74, 6) is -0.291. The highest BCUT2D eigenvalue weighted by Gasteiger charge is 2.14. The van der Waals surface area contributed by atoms with Gasteiger partial charge in [0.05, 0.1) is 32.5 Å². The average molecular weight is 326 g/mol. The Morgan fingerprint density at radius 2 is 1.62 bits per heavy atom. The average Bonchev–Trinajstić information content (AvgIpc) is 2.65. The third-order valence-electron chi connectivity index (χ3n) is 3.43. The van der Waals surface area contributed by atoms with E-state index in [1.54, 1.807) is 25.3 Å². The molecule has 2 aromatic carbocycles. The Hall–Kier alpha value is -3.08. The Morgan fingerprint density at radius 3 is 2.29 bits per heavy atom. The summed E-state index contributed by atoms with van der Waals surface area (Å²) >= 11 is 0. The lowest BCUT2D eigenvalue weighted by Gasteiger charge is -2.07. The molecular formula is C19H18O5. The van der Waals surface area contributed by atoms with E-state index in [1.165, 1.54) is 20.3 Å². The van der Waals surface area contributed by atoms with Gasteiger partial charge in [0.2, 0.25) is 0 Å². The Kier molecular flexibility index (Phi) is 5.73. The zero-order valence-electron chi connectivity index (χ0n) is 13.7. The minimum atomic E-state index is -0.522. The molecule has 24 heavy (non-hydrogen) atoms. The van der Waals surface area contributed by atoms with Crippen molar-refractivity contribution in [3.8, 4) is 5.75 Å². The molecule has 0 aliphatic heterocycles. The van der Waals surface area contributed by atoms with Crippen molar-refractivity contribution in [2.45, 2.75) is 0 Å². The van der Waals surface area contributed by atoms with Crippen molar-refractivity contribution in [2.75, 3.05) is 21.3 Å². The van der Waals surface area contributed by atoms with Gasteiger partial charge in [-0.3, -0.25) is 0 Å². The van der Waals surface area contributed by atoms with E-state index >= 15 is 0 Å². The first-order chi connectivity index (χ1) is 11.6. The second-order valence-corrected chi connectivity index (χ2v) is 4.90. The number of hydrogen-bond acceptors (Lipinski definition) is 5. The Labute approximate surface area is 140 Å². The molecule has 124 valence electrons. The third-order valence-corrected chi connectivity index (χ3v) is 3.43. The zero-order chi connectivity index (χ0) is 17.5. The number of rotatable bonds is 5. The Balaban J connectivity index is 2.39. The number of methoxy groups -OCH3 is 3. The van der Waals surface area contributed by atoms with Crippen molar-refractivity contribution in [3.63, 3.8) is 0 Å². The van der Waals surface area contributed by atoms with E-state index in [1.807, 2.05) is 30.3 Å². The van der Waals surface area contributed by atoms with Crippen molar-refractivity contribution in [3.05, 3.63) is 64.7 Å². The molecule has 0 unspecified atom stereocenters. The minimum Gasteiger partial charge on any atom is -0.497 e. The van der Waals surface area contributed by atoms with E-state index < -0.39 is 11.9 Å². The fourth-order valence-corrected chi connectivity index (χ4v) is 2.16. The van der Waals surface area contributed by atoms with Gasteiger partial charge in [-0.2, -0.15) is 0 Å². The Morgan fingerprint density at radius 1 is 0.875 bits per heavy atom. The lowest BCUT2D eigenvalue weighted by molar-refractivity contribution is 0.0599. The predicted molar refractivity (Wildman–Crippen MR) is 91.0 cm³/mol. The molecule has 0 aromatic heterocycles. The third kappa shape index (κ3) is 4.01. The summed E-state index contributed by atoms with van der Waals surface area (Å²) in [5.41, 5.74) is 2.13. The number of carbonyl (C=O) groups is 2. The van der Waals surface area contributed by atoms with Gasteiger partial charge in [-0.05, 0) is 35.4 Å². The minimum absolute atomic E-state index is 0.288. The maximum absolute atomic E-state index is 12.0. The van der Waals surface area contributed by atoms with E-state index in [2.05, 4.69) is 4.74 Å². The number of hydrogen-bond donors (Lipinski definition) is 0. The SMILES string of the molecule is COC(=O)c1ccc(C=Cc2cccc(OC)c2)c(C(=O)OC)c1. The summed E-state index contributed by atoms with van der Waals surface area (Å²) < 4.78 is 14.6. The predicted octanol–water partition coefficient (Wildman–Crippen LogP) is 3.44. The van der Waals surface area contributed by atoms with Crippen LogP contribution in [0.1, 0.15) is 31.8 Å². The molecule has 0 saturated carbocycles. The maximum atomic E-state index is 12.0. The van der Waals surface area contributed by atoms with E-state index in [9.17, 15) is 9.59 Å². The second kappa shape index (κ2) is 7.97. The van der Waals surface area contributed by atoms with Crippen LogP contribution in [0.15, 0.2) is 42.5 Å². The topological polar surface area (TPSA) is 61.8 Å². The van der Waals surface area contributed by atoms with Gasteiger partial charge in [0.15, 0.2) is 0 Å². The molecule has 2 aromatic rings. The molecule has 0 amide bonds. The summed E-state index contributed by atoms with van der Waals surface area (Å²) in [6, 6.07) is 12.3. The van der Waals surface area contributed by atoms with Crippen LogP contribution in [-0.2, 0) is 9.47 Å². The highest BCUT2D eigenvalue weighted by Crippen LogP contribution is 2.19. The number of esters is 2.